The average Bonchev–Trinajstić information content (AvgIpc) is 2.81. The van der Waals surface area contributed by atoms with Gasteiger partial charge in [-0.25, -0.2) is 4.98 Å². The van der Waals surface area contributed by atoms with Crippen LogP contribution in [0.1, 0.15) is 54.1 Å². The van der Waals surface area contributed by atoms with Gasteiger partial charge in [0, 0.05) is 17.0 Å². The molecule has 2 atom stereocenters. The summed E-state index contributed by atoms with van der Waals surface area (Å²) >= 11 is 1.79. The van der Waals surface area contributed by atoms with Crippen LogP contribution in [-0.2, 0) is 16.1 Å². The first kappa shape index (κ1) is 15.6. The van der Waals surface area contributed by atoms with Gasteiger partial charge < -0.3 is 10.1 Å². The van der Waals surface area contributed by atoms with Crippen molar-refractivity contribution in [1.29, 1.82) is 0 Å². The molecular weight excluding hydrogens is 308 g/mol. The van der Waals surface area contributed by atoms with Crippen molar-refractivity contribution in [2.45, 2.75) is 64.5 Å². The number of methoxy groups -OCH3 is 1. The third-order valence-corrected chi connectivity index (χ3v) is 7.38. The minimum atomic E-state index is -0.218. The number of nitrogens with zero attached hydrogens (tertiary/aromatic N) is 1. The maximum absolute atomic E-state index is 12.5. The molecule has 4 nitrogen and oxygen atoms in total. The largest absolute Gasteiger partial charge is 0.469 e. The maximum Gasteiger partial charge on any atom is 0.311 e. The van der Waals surface area contributed by atoms with E-state index in [4.69, 9.17) is 4.74 Å². The molecule has 5 heteroatoms. The number of carbonyl (C=O) groups excluding carboxylic acids is 1. The van der Waals surface area contributed by atoms with E-state index in [-0.39, 0.29) is 16.9 Å². The van der Waals surface area contributed by atoms with E-state index in [1.807, 2.05) is 0 Å². The van der Waals surface area contributed by atoms with Gasteiger partial charge in [-0.15, -0.1) is 11.3 Å². The van der Waals surface area contributed by atoms with E-state index >= 15 is 0 Å². The Balaban J connectivity index is 1.56. The number of rotatable bonds is 4. The minimum absolute atomic E-state index is 0.0302. The van der Waals surface area contributed by atoms with Crippen LogP contribution in [0.2, 0.25) is 0 Å². The Hall–Kier alpha value is -0.940. The fourth-order valence-electron chi connectivity index (χ4n) is 5.93. The molecule has 5 rings (SSSR count). The summed E-state index contributed by atoms with van der Waals surface area (Å²) in [6, 6.07) is 0. The molecule has 0 aromatic carbocycles. The molecule has 0 radical (unpaired) electrons. The lowest BCUT2D eigenvalue weighted by molar-refractivity contribution is -0.172. The Labute approximate surface area is 142 Å². The predicted octanol–water partition coefficient (Wildman–Crippen LogP) is 3.36. The monoisotopic (exact) mass is 334 g/mol. The molecule has 4 bridgehead atoms. The topological polar surface area (TPSA) is 51.2 Å². The number of hydrogen-bond acceptors (Lipinski definition) is 5. The zero-order valence-electron chi connectivity index (χ0n) is 14.3. The zero-order chi connectivity index (χ0) is 16.2. The molecule has 4 aliphatic rings. The Morgan fingerprint density at radius 3 is 2.57 bits per heavy atom. The van der Waals surface area contributed by atoms with E-state index in [2.05, 4.69) is 24.1 Å². The second-order valence-corrected chi connectivity index (χ2v) is 9.40. The molecule has 126 valence electrons. The van der Waals surface area contributed by atoms with E-state index < -0.39 is 0 Å². The van der Waals surface area contributed by atoms with Crippen LogP contribution in [0.5, 0.6) is 0 Å². The summed E-state index contributed by atoms with van der Waals surface area (Å²) in [5.74, 6) is 1.40. The first-order valence-electron chi connectivity index (χ1n) is 8.70. The second-order valence-electron chi connectivity index (χ2n) is 8.11. The van der Waals surface area contributed by atoms with Crippen molar-refractivity contribution in [3.63, 3.8) is 0 Å². The van der Waals surface area contributed by atoms with Gasteiger partial charge in [0.15, 0.2) is 0 Å². The fourth-order valence-corrected chi connectivity index (χ4v) is 6.81. The van der Waals surface area contributed by atoms with E-state index in [1.165, 1.54) is 24.1 Å². The van der Waals surface area contributed by atoms with Crippen molar-refractivity contribution in [2.75, 3.05) is 7.11 Å². The van der Waals surface area contributed by atoms with Crippen LogP contribution in [-0.4, -0.2) is 23.6 Å². The summed E-state index contributed by atoms with van der Waals surface area (Å²) in [7, 11) is 1.55. The van der Waals surface area contributed by atoms with Crippen molar-refractivity contribution >= 4 is 17.3 Å². The highest BCUT2D eigenvalue weighted by Crippen LogP contribution is 2.62. The molecule has 2 unspecified atom stereocenters. The molecule has 1 aromatic heterocycles. The van der Waals surface area contributed by atoms with E-state index in [1.54, 1.807) is 18.4 Å². The normalized spacial score (nSPS) is 38.0. The molecule has 0 aliphatic heterocycles. The number of ether oxygens (including phenoxy) is 1. The third-order valence-electron chi connectivity index (χ3n) is 6.30. The summed E-state index contributed by atoms with van der Waals surface area (Å²) in [4.78, 5) is 18.4. The summed E-state index contributed by atoms with van der Waals surface area (Å²) in [6.45, 7) is 5.04. The van der Waals surface area contributed by atoms with Crippen molar-refractivity contribution in [2.24, 2.45) is 17.3 Å². The highest BCUT2D eigenvalue weighted by Gasteiger charge is 2.61. The van der Waals surface area contributed by atoms with Gasteiger partial charge in [0.1, 0.15) is 0 Å². The minimum Gasteiger partial charge on any atom is -0.469 e. The number of aryl methyl sites for hydroxylation is 2. The highest BCUT2D eigenvalue weighted by atomic mass is 32.1. The third kappa shape index (κ3) is 2.52. The van der Waals surface area contributed by atoms with Crippen LogP contribution in [0.3, 0.4) is 0 Å². The number of esters is 1. The van der Waals surface area contributed by atoms with E-state index in [0.717, 1.165) is 36.5 Å². The second kappa shape index (κ2) is 5.28. The number of hydrogen-bond donors (Lipinski definition) is 1. The van der Waals surface area contributed by atoms with E-state index in [9.17, 15) is 4.79 Å². The van der Waals surface area contributed by atoms with Gasteiger partial charge in [-0.3, -0.25) is 4.79 Å². The summed E-state index contributed by atoms with van der Waals surface area (Å²) < 4.78 is 5.19. The van der Waals surface area contributed by atoms with Gasteiger partial charge in [0.2, 0.25) is 0 Å². The molecule has 0 spiro atoms. The van der Waals surface area contributed by atoms with Gasteiger partial charge in [0.25, 0.3) is 0 Å². The van der Waals surface area contributed by atoms with Crippen LogP contribution >= 0.6 is 11.3 Å². The zero-order valence-corrected chi connectivity index (χ0v) is 15.1. The summed E-state index contributed by atoms with van der Waals surface area (Å²) in [5.41, 5.74) is 1.06. The van der Waals surface area contributed by atoms with Gasteiger partial charge in [-0.1, -0.05) is 0 Å². The quantitative estimate of drug-likeness (QED) is 0.858. The molecule has 1 heterocycles. The molecule has 1 N–H and O–H groups in total. The molecule has 0 amide bonds. The van der Waals surface area contributed by atoms with Crippen molar-refractivity contribution in [1.82, 2.24) is 10.3 Å². The molecule has 4 fully saturated rings. The van der Waals surface area contributed by atoms with Gasteiger partial charge >= 0.3 is 5.97 Å². The molecular formula is C18H26N2O2S. The lowest BCUT2D eigenvalue weighted by atomic mass is 9.47. The van der Waals surface area contributed by atoms with Crippen LogP contribution in [0.15, 0.2) is 0 Å². The predicted molar refractivity (Wildman–Crippen MR) is 90.3 cm³/mol. The Bertz CT molecular complexity index is 625. The number of thiazole rings is 1. The van der Waals surface area contributed by atoms with Crippen LogP contribution in [0.25, 0.3) is 0 Å². The van der Waals surface area contributed by atoms with Gasteiger partial charge in [-0.2, -0.15) is 0 Å². The Kier molecular flexibility index (Phi) is 3.58. The number of nitrogens with one attached hydrogen (secondary N) is 1. The van der Waals surface area contributed by atoms with E-state index in [0.29, 0.717) is 11.8 Å². The van der Waals surface area contributed by atoms with Crippen molar-refractivity contribution in [3.05, 3.63) is 15.6 Å². The SMILES string of the molecule is COC(=O)C12CC3CC(CC(NCc4sc(C)nc4C)(C3)C1)C2. The number of aromatic nitrogens is 1. The summed E-state index contributed by atoms with van der Waals surface area (Å²) in [5, 5.41) is 5.00. The molecule has 1 aromatic rings. The molecule has 0 saturated heterocycles. The first-order chi connectivity index (χ1) is 10.9. The molecule has 4 saturated carbocycles. The Morgan fingerprint density at radius 2 is 2.00 bits per heavy atom. The lowest BCUT2D eigenvalue weighted by Crippen LogP contribution is -2.63. The van der Waals surface area contributed by atoms with Crippen molar-refractivity contribution < 1.29 is 9.53 Å². The van der Waals surface area contributed by atoms with Crippen LogP contribution in [0.4, 0.5) is 0 Å². The smallest absolute Gasteiger partial charge is 0.311 e. The van der Waals surface area contributed by atoms with Crippen molar-refractivity contribution in [3.8, 4) is 0 Å². The lowest BCUT2D eigenvalue weighted by Gasteiger charge is -2.61. The van der Waals surface area contributed by atoms with Crippen LogP contribution < -0.4 is 5.32 Å². The summed E-state index contributed by atoms with van der Waals surface area (Å²) in [6.07, 6.45) is 6.78. The fraction of sp³-hybridized carbons (Fsp3) is 0.778. The molecule has 4 aliphatic carbocycles. The van der Waals surface area contributed by atoms with Gasteiger partial charge in [-0.05, 0) is 64.2 Å². The standard InChI is InChI=1S/C18H26N2O2S/c1-11-15(23-12(2)20-11)9-19-18-7-13-4-14(8-18)6-17(5-13,10-18)16(21)22-3/h13-14,19H,4-10H2,1-3H3. The highest BCUT2D eigenvalue weighted by molar-refractivity contribution is 7.11. The molecule has 23 heavy (non-hydrogen) atoms. The average molecular weight is 334 g/mol. The Morgan fingerprint density at radius 1 is 1.30 bits per heavy atom. The maximum atomic E-state index is 12.5. The first-order valence-corrected chi connectivity index (χ1v) is 9.52. The number of carbonyl (C=O) groups is 1. The van der Waals surface area contributed by atoms with Gasteiger partial charge in [0.05, 0.1) is 23.2 Å². The van der Waals surface area contributed by atoms with Crippen LogP contribution in [0, 0.1) is 31.1 Å².